The number of carbonyl (C=O) groups excluding carboxylic acids is 1. The summed E-state index contributed by atoms with van der Waals surface area (Å²) in [4.78, 5) is 38.9. The van der Waals surface area contributed by atoms with Crippen molar-refractivity contribution in [3.8, 4) is 0 Å². The van der Waals surface area contributed by atoms with Crippen LogP contribution in [0.2, 0.25) is 0 Å². The number of nitrogens with two attached hydrogens (primary N) is 1. The Hall–Kier alpha value is -3.16. The van der Waals surface area contributed by atoms with Crippen molar-refractivity contribution in [1.82, 2.24) is 20.3 Å². The number of carbonyl (C=O) groups is 2. The van der Waals surface area contributed by atoms with E-state index in [9.17, 15) is 18.7 Å². The number of carboxylic acid groups (broad SMARTS) is 1. The number of nitrogens with zero attached hydrogens (tertiary/aromatic N) is 4. The highest BCUT2D eigenvalue weighted by molar-refractivity contribution is 8.24. The van der Waals surface area contributed by atoms with Gasteiger partial charge in [-0.2, -0.15) is 15.6 Å². The molecule has 2 fully saturated rings. The quantitative estimate of drug-likeness (QED) is 0.306. The van der Waals surface area contributed by atoms with Crippen LogP contribution in [0.15, 0.2) is 18.3 Å². The van der Waals surface area contributed by atoms with Crippen molar-refractivity contribution < 1.29 is 23.8 Å². The van der Waals surface area contributed by atoms with Gasteiger partial charge >= 0.3 is 6.09 Å². The lowest BCUT2D eigenvalue weighted by Crippen LogP contribution is -2.48. The highest BCUT2D eigenvalue weighted by Crippen LogP contribution is 2.48. The lowest BCUT2D eigenvalue weighted by molar-refractivity contribution is 0.100. The summed E-state index contributed by atoms with van der Waals surface area (Å²) < 4.78 is 20.0. The molecule has 2 aliphatic heterocycles. The Balaban J connectivity index is 1.63. The Labute approximate surface area is 217 Å². The smallest absolute Gasteiger partial charge is 0.404 e. The van der Waals surface area contributed by atoms with Gasteiger partial charge in [-0.1, -0.05) is 13.8 Å². The zero-order valence-corrected chi connectivity index (χ0v) is 21.9. The second kappa shape index (κ2) is 11.1. The lowest BCUT2D eigenvalue weighted by Gasteiger charge is -2.39. The molecule has 2 saturated heterocycles. The molecule has 1 unspecified atom stereocenters. The Bertz CT molecular complexity index is 1150. The summed E-state index contributed by atoms with van der Waals surface area (Å²) in [6.07, 6.45) is 3.09. The monoisotopic (exact) mass is 533 g/mol. The molecule has 0 aliphatic carbocycles. The molecule has 0 saturated carbocycles. The number of pyridine rings is 1. The van der Waals surface area contributed by atoms with Crippen LogP contribution in [-0.2, 0) is 0 Å². The summed E-state index contributed by atoms with van der Waals surface area (Å²) in [5, 5.41) is 14.8. The van der Waals surface area contributed by atoms with Gasteiger partial charge in [0.05, 0.1) is 0 Å². The van der Waals surface area contributed by atoms with Gasteiger partial charge in [-0.15, -0.1) is 0 Å². The third-order valence-corrected chi connectivity index (χ3v) is 8.58. The van der Waals surface area contributed by atoms with Crippen molar-refractivity contribution in [3.05, 3.63) is 35.3 Å². The van der Waals surface area contributed by atoms with Crippen molar-refractivity contribution in [1.29, 1.82) is 0 Å². The summed E-state index contributed by atoms with van der Waals surface area (Å²) >= 11 is 0. The van der Waals surface area contributed by atoms with E-state index in [1.165, 1.54) is 6.20 Å². The van der Waals surface area contributed by atoms with Gasteiger partial charge in [0.15, 0.2) is 0 Å². The highest BCUT2D eigenvalue weighted by atomic mass is 32.3. The maximum absolute atomic E-state index is 12.2. The minimum absolute atomic E-state index is 0.0998. The van der Waals surface area contributed by atoms with Gasteiger partial charge in [-0.05, 0) is 43.7 Å². The number of rotatable bonds is 7. The Morgan fingerprint density at radius 1 is 1.16 bits per heavy atom. The summed E-state index contributed by atoms with van der Waals surface area (Å²) in [6.45, 7) is 5.16. The predicted molar refractivity (Wildman–Crippen MR) is 143 cm³/mol. The van der Waals surface area contributed by atoms with Crippen LogP contribution < -0.4 is 21.3 Å². The molecule has 13 heteroatoms. The molecule has 0 bridgehead atoms. The molecule has 4 heterocycles. The van der Waals surface area contributed by atoms with Crippen LogP contribution in [0, 0.1) is 0 Å². The molecule has 7 N–H and O–H groups in total. The second-order valence-corrected chi connectivity index (χ2v) is 12.4. The second-order valence-electron chi connectivity index (χ2n) is 10.0. The van der Waals surface area contributed by atoms with Crippen molar-refractivity contribution in [2.45, 2.75) is 57.4 Å². The van der Waals surface area contributed by atoms with E-state index in [-0.39, 0.29) is 29.3 Å². The fraction of sp³-hybridized carbons (Fsp3) is 0.542. The number of hydrogen-bond donors (Lipinski definition) is 6. The molecule has 0 radical (unpaired) electrons. The van der Waals surface area contributed by atoms with E-state index in [4.69, 9.17) is 15.8 Å². The molecule has 4 rings (SSSR count). The maximum atomic E-state index is 12.2. The van der Waals surface area contributed by atoms with Gasteiger partial charge in [-0.25, -0.2) is 9.78 Å². The Morgan fingerprint density at radius 2 is 1.89 bits per heavy atom. The third-order valence-electron chi connectivity index (χ3n) is 6.80. The highest BCUT2D eigenvalue weighted by Gasteiger charge is 2.28. The average Bonchev–Trinajstić information content (AvgIpc) is 2.83. The van der Waals surface area contributed by atoms with E-state index in [1.54, 1.807) is 0 Å². The van der Waals surface area contributed by atoms with Crippen LogP contribution in [0.3, 0.4) is 0 Å². The van der Waals surface area contributed by atoms with E-state index in [1.807, 2.05) is 30.9 Å². The molecule has 2 aliphatic rings. The van der Waals surface area contributed by atoms with Gasteiger partial charge < -0.3 is 26.4 Å². The number of piperidine rings is 1. The maximum Gasteiger partial charge on any atom is 0.404 e. The fourth-order valence-electron chi connectivity index (χ4n) is 4.74. The van der Waals surface area contributed by atoms with Crippen LogP contribution in [0.1, 0.15) is 73.1 Å². The van der Waals surface area contributed by atoms with Crippen molar-refractivity contribution in [2.75, 3.05) is 34.8 Å². The Morgan fingerprint density at radius 3 is 2.54 bits per heavy atom. The first-order valence-electron chi connectivity index (χ1n) is 12.4. The van der Waals surface area contributed by atoms with Crippen molar-refractivity contribution >= 4 is 40.0 Å². The Kier molecular flexibility index (Phi) is 8.05. The molecular weight excluding hydrogens is 498 g/mol. The first-order chi connectivity index (χ1) is 17.5. The topological polar surface area (TPSA) is 187 Å². The van der Waals surface area contributed by atoms with Crippen LogP contribution >= 0.6 is 10.6 Å². The molecule has 2 aromatic heterocycles. The van der Waals surface area contributed by atoms with Gasteiger partial charge in [-0.3, -0.25) is 18.9 Å². The third kappa shape index (κ3) is 6.79. The summed E-state index contributed by atoms with van der Waals surface area (Å²) in [6, 6.07) is 3.58. The molecule has 2 aromatic rings. The SMILES string of the molecule is CC(C)c1cc(Nc2nc(N3CCCC(NC(=O)O)C3)ncc2C(N)=O)cc(C2CCS(O)(O)CC2)n1. The zero-order valence-electron chi connectivity index (χ0n) is 21.1. The van der Waals surface area contributed by atoms with Crippen LogP contribution in [-0.4, -0.2) is 71.8 Å². The standard InChI is InChI=1S/C24H35N7O5S/c1-14(2)19-10-17(11-20(29-19)15-5-8-37(35,36)9-6-15)27-22-18(21(25)32)12-26-23(30-22)31-7-3-4-16(13-31)28-24(33)34/h10-12,14-16,28,35-36H,3-9,13H2,1-2H3,(H2,25,32)(H,33,34)(H,26,27,29,30). The average molecular weight is 534 g/mol. The molecule has 37 heavy (non-hydrogen) atoms. The number of aromatic nitrogens is 3. The largest absolute Gasteiger partial charge is 0.465 e. The summed E-state index contributed by atoms with van der Waals surface area (Å²) in [5.74, 6) is 0.936. The number of hydrogen-bond acceptors (Lipinski definition) is 9. The van der Waals surface area contributed by atoms with Gasteiger partial charge in [0.2, 0.25) is 5.95 Å². The number of anilines is 3. The van der Waals surface area contributed by atoms with Crippen LogP contribution in [0.4, 0.5) is 22.2 Å². The molecule has 0 spiro atoms. The minimum atomic E-state index is -2.50. The molecule has 0 aromatic carbocycles. The summed E-state index contributed by atoms with van der Waals surface area (Å²) in [5.41, 5.74) is 8.18. The number of primary amides is 1. The van der Waals surface area contributed by atoms with Crippen molar-refractivity contribution in [2.24, 2.45) is 5.73 Å². The number of nitrogens with one attached hydrogen (secondary N) is 2. The minimum Gasteiger partial charge on any atom is -0.465 e. The first kappa shape index (κ1) is 26.9. The molecule has 202 valence electrons. The van der Waals surface area contributed by atoms with E-state index in [0.717, 1.165) is 24.2 Å². The molecular formula is C24H35N7O5S. The van der Waals surface area contributed by atoms with E-state index in [0.29, 0.717) is 49.1 Å². The van der Waals surface area contributed by atoms with Gasteiger partial charge in [0.1, 0.15) is 11.4 Å². The number of amides is 2. The fourth-order valence-corrected chi connectivity index (χ4v) is 6.27. The molecule has 2 amide bonds. The van der Waals surface area contributed by atoms with Crippen LogP contribution in [0.25, 0.3) is 0 Å². The van der Waals surface area contributed by atoms with E-state index in [2.05, 4.69) is 20.6 Å². The van der Waals surface area contributed by atoms with Gasteiger partial charge in [0, 0.05) is 59.8 Å². The first-order valence-corrected chi connectivity index (χ1v) is 14.3. The predicted octanol–water partition coefficient (Wildman–Crippen LogP) is 3.70. The van der Waals surface area contributed by atoms with E-state index >= 15 is 0 Å². The summed E-state index contributed by atoms with van der Waals surface area (Å²) in [7, 11) is -2.50. The lowest BCUT2D eigenvalue weighted by atomic mass is 9.96. The molecule has 12 nitrogen and oxygen atoms in total. The normalized spacial score (nSPS) is 20.9. The zero-order chi connectivity index (χ0) is 26.7. The molecule has 1 atom stereocenters. The van der Waals surface area contributed by atoms with E-state index < -0.39 is 22.6 Å². The van der Waals surface area contributed by atoms with Crippen LogP contribution in [0.5, 0.6) is 0 Å². The van der Waals surface area contributed by atoms with Crippen molar-refractivity contribution in [3.63, 3.8) is 0 Å². The van der Waals surface area contributed by atoms with Gasteiger partial charge in [0.25, 0.3) is 5.91 Å².